The summed E-state index contributed by atoms with van der Waals surface area (Å²) in [7, 11) is 3.07. The van der Waals surface area contributed by atoms with Crippen LogP contribution in [0.2, 0.25) is 0 Å². The molecule has 0 saturated carbocycles. The molecule has 1 atom stereocenters. The van der Waals surface area contributed by atoms with Crippen LogP contribution < -0.4 is 24.4 Å². The number of amides is 2. The van der Waals surface area contributed by atoms with Crippen molar-refractivity contribution >= 4 is 23.2 Å². The van der Waals surface area contributed by atoms with Gasteiger partial charge in [-0.15, -0.1) is 0 Å². The Balaban J connectivity index is 1.84. The van der Waals surface area contributed by atoms with Crippen LogP contribution >= 0.6 is 0 Å². The van der Waals surface area contributed by atoms with E-state index in [-0.39, 0.29) is 18.4 Å². The number of aryl methyl sites for hydroxylation is 1. The molecule has 2 amide bonds. The fourth-order valence-electron chi connectivity index (χ4n) is 2.98. The van der Waals surface area contributed by atoms with Gasteiger partial charge in [0, 0.05) is 11.8 Å². The van der Waals surface area contributed by atoms with Gasteiger partial charge < -0.3 is 19.5 Å². The number of methoxy groups -OCH3 is 2. The highest BCUT2D eigenvalue weighted by molar-refractivity contribution is 6.07. The molecule has 0 bridgehead atoms. The summed E-state index contributed by atoms with van der Waals surface area (Å²) in [6.45, 7) is 3.52. The van der Waals surface area contributed by atoms with Crippen LogP contribution in [-0.4, -0.2) is 38.7 Å². The zero-order valence-electron chi connectivity index (χ0n) is 15.7. The van der Waals surface area contributed by atoms with Crippen LogP contribution in [0, 0.1) is 6.92 Å². The number of anilines is 2. The molecular formula is C20H22N2O5. The standard InChI is InChI=1S/C20H22N2O5/c1-12-5-7-16-15(9-12)22(19(23)11-27-16)13(2)20(24)21-14-6-8-17(25-3)18(10-14)26-4/h5-10,13H,11H2,1-4H3,(H,21,24). The highest BCUT2D eigenvalue weighted by Gasteiger charge is 2.33. The zero-order chi connectivity index (χ0) is 19.6. The Kier molecular flexibility index (Phi) is 5.21. The van der Waals surface area contributed by atoms with Crippen molar-refractivity contribution < 1.29 is 23.8 Å². The van der Waals surface area contributed by atoms with E-state index in [2.05, 4.69) is 5.32 Å². The van der Waals surface area contributed by atoms with Gasteiger partial charge in [0.05, 0.1) is 19.9 Å². The van der Waals surface area contributed by atoms with E-state index >= 15 is 0 Å². The maximum atomic E-state index is 12.8. The molecule has 0 aliphatic carbocycles. The molecule has 0 spiro atoms. The Bertz CT molecular complexity index is 881. The van der Waals surface area contributed by atoms with Crippen LogP contribution in [-0.2, 0) is 9.59 Å². The van der Waals surface area contributed by atoms with Crippen molar-refractivity contribution in [3.8, 4) is 17.2 Å². The van der Waals surface area contributed by atoms with Crippen molar-refractivity contribution in [1.29, 1.82) is 0 Å². The lowest BCUT2D eigenvalue weighted by atomic mass is 10.1. The number of ether oxygens (including phenoxy) is 3. The summed E-state index contributed by atoms with van der Waals surface area (Å²) in [6.07, 6.45) is 0. The number of carbonyl (C=O) groups is 2. The fraction of sp³-hybridized carbons (Fsp3) is 0.300. The zero-order valence-corrected chi connectivity index (χ0v) is 15.7. The first kappa shape index (κ1) is 18.6. The highest BCUT2D eigenvalue weighted by Crippen LogP contribution is 2.35. The van der Waals surface area contributed by atoms with Crippen molar-refractivity contribution in [3.63, 3.8) is 0 Å². The number of carbonyl (C=O) groups excluding carboxylic acids is 2. The Morgan fingerprint density at radius 2 is 1.89 bits per heavy atom. The quantitative estimate of drug-likeness (QED) is 0.876. The number of hydrogen-bond donors (Lipinski definition) is 1. The molecule has 1 aliphatic heterocycles. The van der Waals surface area contributed by atoms with Gasteiger partial charge in [0.1, 0.15) is 11.8 Å². The molecule has 3 rings (SSSR count). The Labute approximate surface area is 157 Å². The van der Waals surface area contributed by atoms with Gasteiger partial charge in [0.15, 0.2) is 18.1 Å². The molecule has 142 valence electrons. The lowest BCUT2D eigenvalue weighted by molar-refractivity contribution is -0.125. The maximum absolute atomic E-state index is 12.8. The molecule has 1 N–H and O–H groups in total. The van der Waals surface area contributed by atoms with Crippen molar-refractivity contribution in [1.82, 2.24) is 0 Å². The van der Waals surface area contributed by atoms with E-state index < -0.39 is 6.04 Å². The smallest absolute Gasteiger partial charge is 0.265 e. The van der Waals surface area contributed by atoms with Gasteiger partial charge in [-0.25, -0.2) is 0 Å². The summed E-state index contributed by atoms with van der Waals surface area (Å²) < 4.78 is 15.9. The molecule has 0 saturated heterocycles. The highest BCUT2D eigenvalue weighted by atomic mass is 16.5. The van der Waals surface area contributed by atoms with Crippen molar-refractivity contribution in [2.45, 2.75) is 19.9 Å². The summed E-state index contributed by atoms with van der Waals surface area (Å²) in [5.74, 6) is 1.08. The minimum atomic E-state index is -0.713. The lowest BCUT2D eigenvalue weighted by Gasteiger charge is -2.33. The normalized spacial score (nSPS) is 14.1. The third-order valence-corrected chi connectivity index (χ3v) is 4.41. The topological polar surface area (TPSA) is 77.1 Å². The summed E-state index contributed by atoms with van der Waals surface area (Å²) in [5, 5.41) is 2.82. The predicted octanol–water partition coefficient (Wildman–Crippen LogP) is 2.76. The average Bonchev–Trinajstić information content (AvgIpc) is 2.67. The minimum absolute atomic E-state index is 0.0932. The first-order chi connectivity index (χ1) is 12.9. The molecule has 2 aromatic rings. The van der Waals surface area contributed by atoms with Gasteiger partial charge in [-0.05, 0) is 43.7 Å². The second kappa shape index (κ2) is 7.57. The first-order valence-electron chi connectivity index (χ1n) is 8.53. The SMILES string of the molecule is COc1ccc(NC(=O)C(C)N2C(=O)COc3ccc(C)cc32)cc1OC. The van der Waals surface area contributed by atoms with Gasteiger partial charge in [-0.2, -0.15) is 0 Å². The van der Waals surface area contributed by atoms with Crippen LogP contribution in [0.25, 0.3) is 0 Å². The van der Waals surface area contributed by atoms with E-state index in [1.54, 1.807) is 32.2 Å². The molecule has 1 heterocycles. The molecule has 27 heavy (non-hydrogen) atoms. The van der Waals surface area contributed by atoms with Crippen LogP contribution in [0.15, 0.2) is 36.4 Å². The third kappa shape index (κ3) is 3.67. The molecule has 7 heteroatoms. The van der Waals surface area contributed by atoms with Crippen molar-refractivity contribution in [2.75, 3.05) is 31.0 Å². The minimum Gasteiger partial charge on any atom is -0.493 e. The number of benzene rings is 2. The first-order valence-corrected chi connectivity index (χ1v) is 8.53. The van der Waals surface area contributed by atoms with Gasteiger partial charge in [0.25, 0.3) is 5.91 Å². The second-order valence-corrected chi connectivity index (χ2v) is 6.26. The Morgan fingerprint density at radius 3 is 2.59 bits per heavy atom. The van der Waals surface area contributed by atoms with E-state index in [0.717, 1.165) is 5.56 Å². The van der Waals surface area contributed by atoms with E-state index in [1.165, 1.54) is 12.0 Å². The summed E-state index contributed by atoms with van der Waals surface area (Å²) in [4.78, 5) is 26.7. The fourth-order valence-corrected chi connectivity index (χ4v) is 2.98. The lowest BCUT2D eigenvalue weighted by Crippen LogP contribution is -2.49. The van der Waals surface area contributed by atoms with Crippen LogP contribution in [0.5, 0.6) is 17.2 Å². The van der Waals surface area contributed by atoms with Crippen molar-refractivity contribution in [2.24, 2.45) is 0 Å². The Hall–Kier alpha value is -3.22. The van der Waals surface area contributed by atoms with Gasteiger partial charge in [-0.1, -0.05) is 6.07 Å². The summed E-state index contributed by atoms with van der Waals surface area (Å²) in [5.41, 5.74) is 2.13. The molecule has 1 unspecified atom stereocenters. The van der Waals surface area contributed by atoms with E-state index in [1.807, 2.05) is 25.1 Å². The largest absolute Gasteiger partial charge is 0.493 e. The summed E-state index contributed by atoms with van der Waals surface area (Å²) in [6, 6.07) is 9.93. The molecular weight excluding hydrogens is 348 g/mol. The van der Waals surface area contributed by atoms with Gasteiger partial charge >= 0.3 is 0 Å². The van der Waals surface area contributed by atoms with Gasteiger partial charge in [0.2, 0.25) is 5.91 Å². The van der Waals surface area contributed by atoms with Gasteiger partial charge in [-0.3, -0.25) is 14.5 Å². The van der Waals surface area contributed by atoms with Crippen molar-refractivity contribution in [3.05, 3.63) is 42.0 Å². The second-order valence-electron chi connectivity index (χ2n) is 6.26. The predicted molar refractivity (Wildman–Crippen MR) is 102 cm³/mol. The van der Waals surface area contributed by atoms with Crippen LogP contribution in [0.3, 0.4) is 0 Å². The molecule has 1 aliphatic rings. The molecule has 0 fully saturated rings. The average molecular weight is 370 g/mol. The number of nitrogens with one attached hydrogen (secondary N) is 1. The summed E-state index contributed by atoms with van der Waals surface area (Å²) >= 11 is 0. The number of nitrogens with zero attached hydrogens (tertiary/aromatic N) is 1. The monoisotopic (exact) mass is 370 g/mol. The molecule has 7 nitrogen and oxygen atoms in total. The van der Waals surface area contributed by atoms with E-state index in [4.69, 9.17) is 14.2 Å². The van der Waals surface area contributed by atoms with E-state index in [0.29, 0.717) is 28.6 Å². The number of fused-ring (bicyclic) bond motifs is 1. The molecule has 0 radical (unpaired) electrons. The van der Waals surface area contributed by atoms with E-state index in [9.17, 15) is 9.59 Å². The maximum Gasteiger partial charge on any atom is 0.265 e. The number of rotatable bonds is 5. The number of hydrogen-bond acceptors (Lipinski definition) is 5. The third-order valence-electron chi connectivity index (χ3n) is 4.41. The van der Waals surface area contributed by atoms with Crippen LogP contribution in [0.1, 0.15) is 12.5 Å². The van der Waals surface area contributed by atoms with Crippen LogP contribution in [0.4, 0.5) is 11.4 Å². The Morgan fingerprint density at radius 1 is 1.15 bits per heavy atom. The molecule has 0 aromatic heterocycles. The molecule has 2 aromatic carbocycles.